The van der Waals surface area contributed by atoms with Crippen LogP contribution in [0.3, 0.4) is 0 Å². The van der Waals surface area contributed by atoms with Gasteiger partial charge in [0, 0.05) is 24.4 Å². The first-order valence-electron chi connectivity index (χ1n) is 7.30. The molecule has 0 bridgehead atoms. The van der Waals surface area contributed by atoms with Gasteiger partial charge in [-0.15, -0.1) is 0 Å². The molecular formula is C15H22N4O3. The molecule has 0 aromatic heterocycles. The fraction of sp³-hybridized carbons (Fsp3) is 0.533. The largest absolute Gasteiger partial charge is 0.330 e. The van der Waals surface area contributed by atoms with Gasteiger partial charge in [0.1, 0.15) is 0 Å². The number of hydrogen-bond donors (Lipinski definition) is 2. The second-order valence-corrected chi connectivity index (χ2v) is 6.28. The Bertz CT molecular complexity index is 590. The average Bonchev–Trinajstić information content (AvgIpc) is 2.83. The van der Waals surface area contributed by atoms with Gasteiger partial charge in [-0.05, 0) is 43.5 Å². The number of anilines is 1. The van der Waals surface area contributed by atoms with E-state index in [2.05, 4.69) is 17.1 Å². The van der Waals surface area contributed by atoms with Crippen molar-refractivity contribution in [3.8, 4) is 0 Å². The van der Waals surface area contributed by atoms with Crippen LogP contribution in [0.4, 0.5) is 11.4 Å². The molecule has 1 unspecified atom stereocenters. The van der Waals surface area contributed by atoms with E-state index in [1.54, 1.807) is 13.0 Å². The standard InChI is InChI=1S/C15H22N4O3/c1-11-7-12(19(21)22)3-4-13(11)17-14(20)8-18-6-5-15(2,9-16)10-18/h3-4,7H,5-6,8-10,16H2,1-2H3,(H,17,20). The predicted molar refractivity (Wildman–Crippen MR) is 84.7 cm³/mol. The highest BCUT2D eigenvalue weighted by Crippen LogP contribution is 2.28. The summed E-state index contributed by atoms with van der Waals surface area (Å²) < 4.78 is 0. The minimum Gasteiger partial charge on any atom is -0.330 e. The third-order valence-electron chi connectivity index (χ3n) is 4.19. The molecule has 7 nitrogen and oxygen atoms in total. The van der Waals surface area contributed by atoms with E-state index in [9.17, 15) is 14.9 Å². The van der Waals surface area contributed by atoms with Crippen LogP contribution in [0.2, 0.25) is 0 Å². The highest BCUT2D eigenvalue weighted by atomic mass is 16.6. The number of aryl methyl sites for hydroxylation is 1. The third-order valence-corrected chi connectivity index (χ3v) is 4.19. The number of nitro benzene ring substituents is 1. The zero-order valence-corrected chi connectivity index (χ0v) is 13.0. The molecule has 0 saturated carbocycles. The van der Waals surface area contributed by atoms with Gasteiger partial charge < -0.3 is 11.1 Å². The Kier molecular flexibility index (Phi) is 4.77. The van der Waals surface area contributed by atoms with Crippen molar-refractivity contribution in [1.82, 2.24) is 4.90 Å². The predicted octanol–water partition coefficient (Wildman–Crippen LogP) is 1.51. The Morgan fingerprint density at radius 2 is 2.27 bits per heavy atom. The number of carbonyl (C=O) groups excluding carboxylic acids is 1. The van der Waals surface area contributed by atoms with E-state index < -0.39 is 4.92 Å². The van der Waals surface area contributed by atoms with Crippen molar-refractivity contribution in [3.05, 3.63) is 33.9 Å². The number of likely N-dealkylation sites (tertiary alicyclic amines) is 1. The molecule has 1 aromatic rings. The van der Waals surface area contributed by atoms with E-state index in [-0.39, 0.29) is 17.0 Å². The van der Waals surface area contributed by atoms with Crippen LogP contribution in [0.5, 0.6) is 0 Å². The molecular weight excluding hydrogens is 284 g/mol. The van der Waals surface area contributed by atoms with Gasteiger partial charge in [-0.1, -0.05) is 6.92 Å². The number of nitrogens with one attached hydrogen (secondary N) is 1. The van der Waals surface area contributed by atoms with Gasteiger partial charge in [-0.3, -0.25) is 19.8 Å². The molecule has 2 rings (SSSR count). The summed E-state index contributed by atoms with van der Waals surface area (Å²) in [6.07, 6.45) is 0.993. The fourth-order valence-electron chi connectivity index (χ4n) is 2.72. The first-order chi connectivity index (χ1) is 10.3. The minimum absolute atomic E-state index is 0.0220. The van der Waals surface area contributed by atoms with Crippen molar-refractivity contribution < 1.29 is 9.72 Å². The monoisotopic (exact) mass is 306 g/mol. The van der Waals surface area contributed by atoms with Crippen LogP contribution in [-0.4, -0.2) is 41.9 Å². The van der Waals surface area contributed by atoms with Crippen LogP contribution in [0, 0.1) is 22.5 Å². The van der Waals surface area contributed by atoms with E-state index in [0.717, 1.165) is 19.5 Å². The Hall–Kier alpha value is -1.99. The van der Waals surface area contributed by atoms with Crippen molar-refractivity contribution in [2.45, 2.75) is 20.3 Å². The van der Waals surface area contributed by atoms with E-state index in [1.165, 1.54) is 12.1 Å². The van der Waals surface area contributed by atoms with Crippen LogP contribution in [0.1, 0.15) is 18.9 Å². The lowest BCUT2D eigenvalue weighted by atomic mass is 9.90. The van der Waals surface area contributed by atoms with Crippen molar-refractivity contribution >= 4 is 17.3 Å². The molecule has 120 valence electrons. The number of non-ortho nitro benzene ring substituents is 1. The van der Waals surface area contributed by atoms with E-state index >= 15 is 0 Å². The number of rotatable bonds is 5. The van der Waals surface area contributed by atoms with Gasteiger partial charge in [0.2, 0.25) is 5.91 Å². The zero-order valence-electron chi connectivity index (χ0n) is 13.0. The van der Waals surface area contributed by atoms with Gasteiger partial charge in [0.05, 0.1) is 11.5 Å². The molecule has 0 aliphatic carbocycles. The second kappa shape index (κ2) is 6.41. The summed E-state index contributed by atoms with van der Waals surface area (Å²) in [5.74, 6) is -0.113. The first-order valence-corrected chi connectivity index (χ1v) is 7.30. The quantitative estimate of drug-likeness (QED) is 0.634. The Morgan fingerprint density at radius 1 is 1.55 bits per heavy atom. The second-order valence-electron chi connectivity index (χ2n) is 6.28. The smallest absolute Gasteiger partial charge is 0.269 e. The maximum absolute atomic E-state index is 12.1. The molecule has 0 spiro atoms. The highest BCUT2D eigenvalue weighted by molar-refractivity contribution is 5.93. The lowest BCUT2D eigenvalue weighted by molar-refractivity contribution is -0.384. The van der Waals surface area contributed by atoms with Gasteiger partial charge in [-0.2, -0.15) is 0 Å². The molecule has 1 aliphatic heterocycles. The summed E-state index contributed by atoms with van der Waals surface area (Å²) in [5.41, 5.74) is 7.15. The molecule has 1 amide bonds. The van der Waals surface area contributed by atoms with Crippen molar-refractivity contribution in [2.75, 3.05) is 31.5 Å². The number of hydrogen-bond acceptors (Lipinski definition) is 5. The van der Waals surface area contributed by atoms with Crippen LogP contribution in [0.15, 0.2) is 18.2 Å². The topological polar surface area (TPSA) is 102 Å². The molecule has 1 saturated heterocycles. The summed E-state index contributed by atoms with van der Waals surface area (Å²) in [7, 11) is 0. The van der Waals surface area contributed by atoms with Crippen LogP contribution >= 0.6 is 0 Å². The Morgan fingerprint density at radius 3 is 2.82 bits per heavy atom. The maximum Gasteiger partial charge on any atom is 0.269 e. The lowest BCUT2D eigenvalue weighted by Gasteiger charge is -2.22. The summed E-state index contributed by atoms with van der Waals surface area (Å²) in [4.78, 5) is 24.5. The number of nitrogens with two attached hydrogens (primary N) is 1. The molecule has 22 heavy (non-hydrogen) atoms. The SMILES string of the molecule is Cc1cc([N+](=O)[O-])ccc1NC(=O)CN1CCC(C)(CN)C1. The Labute approximate surface area is 129 Å². The summed E-state index contributed by atoms with van der Waals surface area (Å²) >= 11 is 0. The summed E-state index contributed by atoms with van der Waals surface area (Å²) in [5, 5.41) is 13.5. The van der Waals surface area contributed by atoms with Gasteiger partial charge >= 0.3 is 0 Å². The van der Waals surface area contributed by atoms with Crippen molar-refractivity contribution in [2.24, 2.45) is 11.1 Å². The number of nitro groups is 1. The van der Waals surface area contributed by atoms with E-state index in [1.807, 2.05) is 0 Å². The van der Waals surface area contributed by atoms with Gasteiger partial charge in [-0.25, -0.2) is 0 Å². The van der Waals surface area contributed by atoms with Crippen LogP contribution in [0.25, 0.3) is 0 Å². The van der Waals surface area contributed by atoms with E-state index in [4.69, 9.17) is 5.73 Å². The molecule has 1 atom stereocenters. The van der Waals surface area contributed by atoms with E-state index in [0.29, 0.717) is 24.3 Å². The van der Waals surface area contributed by atoms with Crippen molar-refractivity contribution in [3.63, 3.8) is 0 Å². The molecule has 1 heterocycles. The maximum atomic E-state index is 12.1. The normalized spacial score (nSPS) is 21.8. The highest BCUT2D eigenvalue weighted by Gasteiger charge is 2.33. The summed E-state index contributed by atoms with van der Waals surface area (Å²) in [6.45, 7) is 6.48. The van der Waals surface area contributed by atoms with Gasteiger partial charge in [0.15, 0.2) is 0 Å². The fourth-order valence-corrected chi connectivity index (χ4v) is 2.72. The number of carbonyl (C=O) groups is 1. The third kappa shape index (κ3) is 3.80. The van der Waals surface area contributed by atoms with Crippen molar-refractivity contribution in [1.29, 1.82) is 0 Å². The molecule has 1 fully saturated rings. The molecule has 1 aromatic carbocycles. The minimum atomic E-state index is -0.448. The number of benzene rings is 1. The number of amides is 1. The Balaban J connectivity index is 1.94. The summed E-state index contributed by atoms with van der Waals surface area (Å²) in [6, 6.07) is 4.42. The number of nitrogens with zero attached hydrogens (tertiary/aromatic N) is 2. The van der Waals surface area contributed by atoms with Crippen LogP contribution in [-0.2, 0) is 4.79 Å². The average molecular weight is 306 g/mol. The first kappa shape index (κ1) is 16.4. The molecule has 7 heteroatoms. The lowest BCUT2D eigenvalue weighted by Crippen LogP contribution is -2.35. The van der Waals surface area contributed by atoms with Gasteiger partial charge in [0.25, 0.3) is 5.69 Å². The van der Waals surface area contributed by atoms with Crippen LogP contribution < -0.4 is 11.1 Å². The zero-order chi connectivity index (χ0) is 16.3. The molecule has 3 N–H and O–H groups in total. The molecule has 1 aliphatic rings. The molecule has 0 radical (unpaired) electrons.